The second kappa shape index (κ2) is 11.2. The zero-order valence-electron chi connectivity index (χ0n) is 23.9. The van der Waals surface area contributed by atoms with Gasteiger partial charge >= 0.3 is 12.2 Å². The quantitative estimate of drug-likeness (QED) is 0.271. The molecule has 8 nitrogen and oxygen atoms in total. The fourth-order valence-electron chi connectivity index (χ4n) is 6.77. The summed E-state index contributed by atoms with van der Waals surface area (Å²) in [7, 11) is 0. The molecule has 3 aliphatic rings. The Bertz CT molecular complexity index is 1640. The molecule has 0 spiro atoms. The maximum atomic E-state index is 13.2. The van der Waals surface area contributed by atoms with Crippen molar-refractivity contribution in [1.29, 1.82) is 0 Å². The molecule has 5 heterocycles. The van der Waals surface area contributed by atoms with E-state index in [0.29, 0.717) is 37.5 Å². The van der Waals surface area contributed by atoms with Gasteiger partial charge in [-0.1, -0.05) is 35.9 Å². The number of fused-ring (bicyclic) bond motifs is 3. The maximum Gasteiger partial charge on any atom is 0.401 e. The van der Waals surface area contributed by atoms with Gasteiger partial charge in [-0.25, -0.2) is 4.98 Å². The normalized spacial score (nSPS) is 20.9. The molecule has 0 bridgehead atoms. The molecule has 0 radical (unpaired) electrons. The molecule has 4 aromatic rings. The molecule has 0 aliphatic carbocycles. The first-order chi connectivity index (χ1) is 20.7. The van der Waals surface area contributed by atoms with Crippen LogP contribution in [0.3, 0.4) is 0 Å². The third-order valence-electron chi connectivity index (χ3n) is 8.88. The predicted octanol–water partition coefficient (Wildman–Crippen LogP) is 5.86. The minimum atomic E-state index is -4.25. The standard InChI is InChI=1S/C31H33ClF3N7O/c1-20-14-41-19-36-13-23(41)15-42(20)29-24-10-12-39(27-9-3-6-21-5-2-8-25(32)28(21)27)16-26(24)37-30(38-29)43-17-22-7-4-11-40(22)18-31(33,34)35/h2-3,5-6,8-9,13,19-20,22H,4,7,10-12,14-18H2,1H3/t20-,22?/m1/s1. The fourth-order valence-corrected chi connectivity index (χ4v) is 7.05. The van der Waals surface area contributed by atoms with Gasteiger partial charge in [0, 0.05) is 48.0 Å². The van der Waals surface area contributed by atoms with Crippen LogP contribution in [0, 0.1) is 0 Å². The lowest BCUT2D eigenvalue weighted by Gasteiger charge is -2.38. The van der Waals surface area contributed by atoms with Crippen molar-refractivity contribution in [1.82, 2.24) is 24.4 Å². The summed E-state index contributed by atoms with van der Waals surface area (Å²) in [5.74, 6) is 0.828. The number of nitrogens with zero attached hydrogens (tertiary/aromatic N) is 7. The first-order valence-corrected chi connectivity index (χ1v) is 15.1. The summed E-state index contributed by atoms with van der Waals surface area (Å²) in [4.78, 5) is 20.1. The number of likely N-dealkylation sites (tertiary alicyclic amines) is 1. The number of benzene rings is 2. The summed E-state index contributed by atoms with van der Waals surface area (Å²) in [5.41, 5.74) is 4.08. The first kappa shape index (κ1) is 28.2. The summed E-state index contributed by atoms with van der Waals surface area (Å²) in [6.07, 6.45) is 1.58. The molecule has 3 aliphatic heterocycles. The van der Waals surface area contributed by atoms with Crippen LogP contribution >= 0.6 is 11.6 Å². The highest BCUT2D eigenvalue weighted by atomic mass is 35.5. The molecule has 2 aromatic heterocycles. The van der Waals surface area contributed by atoms with Gasteiger partial charge in [-0.3, -0.25) is 4.90 Å². The van der Waals surface area contributed by atoms with Crippen LogP contribution < -0.4 is 14.5 Å². The van der Waals surface area contributed by atoms with E-state index < -0.39 is 12.7 Å². The van der Waals surface area contributed by atoms with E-state index in [9.17, 15) is 13.2 Å². The molecule has 43 heavy (non-hydrogen) atoms. The Hall–Kier alpha value is -3.57. The molecule has 1 saturated heterocycles. The molecule has 1 fully saturated rings. The molecule has 2 atom stereocenters. The molecule has 1 unspecified atom stereocenters. The van der Waals surface area contributed by atoms with Gasteiger partial charge in [0.05, 0.1) is 42.4 Å². The van der Waals surface area contributed by atoms with E-state index in [2.05, 4.69) is 44.5 Å². The lowest BCUT2D eigenvalue weighted by molar-refractivity contribution is -0.148. The number of hydrogen-bond acceptors (Lipinski definition) is 7. The Kier molecular flexibility index (Phi) is 7.33. The van der Waals surface area contributed by atoms with Crippen molar-refractivity contribution in [2.24, 2.45) is 0 Å². The van der Waals surface area contributed by atoms with E-state index in [-0.39, 0.29) is 24.7 Å². The second-order valence-electron chi connectivity index (χ2n) is 11.7. The molecule has 226 valence electrons. The van der Waals surface area contributed by atoms with Crippen LogP contribution in [0.2, 0.25) is 5.02 Å². The van der Waals surface area contributed by atoms with Crippen LogP contribution in [0.25, 0.3) is 10.8 Å². The summed E-state index contributed by atoms with van der Waals surface area (Å²) in [6.45, 7) is 4.48. The van der Waals surface area contributed by atoms with Gasteiger partial charge in [0.15, 0.2) is 0 Å². The van der Waals surface area contributed by atoms with Crippen LogP contribution in [0.5, 0.6) is 6.01 Å². The van der Waals surface area contributed by atoms with Crippen molar-refractivity contribution in [2.45, 2.75) is 64.1 Å². The van der Waals surface area contributed by atoms with E-state index in [1.54, 1.807) is 0 Å². The molecule has 7 rings (SSSR count). The highest BCUT2D eigenvalue weighted by molar-refractivity contribution is 6.36. The number of aromatic nitrogens is 4. The first-order valence-electron chi connectivity index (χ1n) is 14.7. The van der Waals surface area contributed by atoms with Crippen LogP contribution in [0.15, 0.2) is 48.9 Å². The molecule has 0 saturated carbocycles. The highest BCUT2D eigenvalue weighted by Crippen LogP contribution is 2.38. The summed E-state index contributed by atoms with van der Waals surface area (Å²) < 4.78 is 47.8. The molecular weight excluding hydrogens is 579 g/mol. The molecule has 2 aromatic carbocycles. The largest absolute Gasteiger partial charge is 0.462 e. The number of rotatable bonds is 6. The fraction of sp³-hybridized carbons (Fsp3) is 0.452. The summed E-state index contributed by atoms with van der Waals surface area (Å²) in [5, 5.41) is 2.77. The number of halogens is 4. The predicted molar refractivity (Wildman–Crippen MR) is 160 cm³/mol. The lowest BCUT2D eigenvalue weighted by Crippen LogP contribution is -2.43. The molecule has 0 amide bonds. The van der Waals surface area contributed by atoms with Crippen LogP contribution in [-0.2, 0) is 26.1 Å². The monoisotopic (exact) mass is 611 g/mol. The Morgan fingerprint density at radius 3 is 2.74 bits per heavy atom. The van der Waals surface area contributed by atoms with Crippen molar-refractivity contribution in [3.05, 3.63) is 70.9 Å². The van der Waals surface area contributed by atoms with Crippen LogP contribution in [-0.4, -0.2) is 68.9 Å². The SMILES string of the molecule is C[C@@H]1Cn2cncc2CN1c1nc(OCC2CCCN2CC(F)(F)F)nc2c1CCN(c1cccc3cccc(Cl)c13)C2. The van der Waals surface area contributed by atoms with Crippen molar-refractivity contribution >= 4 is 33.9 Å². The topological polar surface area (TPSA) is 62.6 Å². The number of ether oxygens (including phenoxy) is 1. The number of alkyl halides is 3. The number of hydrogen-bond donors (Lipinski definition) is 0. The maximum absolute atomic E-state index is 13.2. The number of imidazole rings is 1. The lowest BCUT2D eigenvalue weighted by atomic mass is 10.0. The van der Waals surface area contributed by atoms with Gasteiger partial charge in [0.2, 0.25) is 0 Å². The van der Waals surface area contributed by atoms with Crippen molar-refractivity contribution in [2.75, 3.05) is 36.0 Å². The Morgan fingerprint density at radius 2 is 1.91 bits per heavy atom. The van der Waals surface area contributed by atoms with Gasteiger partial charge in [-0.2, -0.15) is 23.1 Å². The zero-order chi connectivity index (χ0) is 29.7. The van der Waals surface area contributed by atoms with E-state index in [0.717, 1.165) is 58.7 Å². The Balaban J connectivity index is 1.22. The average Bonchev–Trinajstić information content (AvgIpc) is 3.62. The minimum absolute atomic E-state index is 0.110. The molecule has 0 N–H and O–H groups in total. The van der Waals surface area contributed by atoms with Gasteiger partial charge in [0.25, 0.3) is 0 Å². The summed E-state index contributed by atoms with van der Waals surface area (Å²) >= 11 is 6.68. The highest BCUT2D eigenvalue weighted by Gasteiger charge is 2.37. The van der Waals surface area contributed by atoms with Crippen LogP contribution in [0.4, 0.5) is 24.7 Å². The van der Waals surface area contributed by atoms with Crippen molar-refractivity contribution in [3.8, 4) is 6.01 Å². The summed E-state index contributed by atoms with van der Waals surface area (Å²) in [6, 6.07) is 12.1. The average molecular weight is 612 g/mol. The molecule has 12 heteroatoms. The van der Waals surface area contributed by atoms with Crippen molar-refractivity contribution < 1.29 is 17.9 Å². The van der Waals surface area contributed by atoms with E-state index >= 15 is 0 Å². The molecular formula is C31H33ClF3N7O. The number of anilines is 2. The second-order valence-corrected chi connectivity index (χ2v) is 12.2. The van der Waals surface area contributed by atoms with E-state index in [1.165, 1.54) is 4.90 Å². The van der Waals surface area contributed by atoms with Crippen LogP contribution in [0.1, 0.15) is 36.7 Å². The minimum Gasteiger partial charge on any atom is -0.462 e. The van der Waals surface area contributed by atoms with Gasteiger partial charge in [-0.15, -0.1) is 0 Å². The van der Waals surface area contributed by atoms with Gasteiger partial charge in [0.1, 0.15) is 12.4 Å². The third-order valence-corrected chi connectivity index (χ3v) is 9.19. The van der Waals surface area contributed by atoms with E-state index in [4.69, 9.17) is 26.3 Å². The van der Waals surface area contributed by atoms with Crippen molar-refractivity contribution in [3.63, 3.8) is 0 Å². The van der Waals surface area contributed by atoms with Gasteiger partial charge < -0.3 is 19.1 Å². The zero-order valence-corrected chi connectivity index (χ0v) is 24.7. The smallest absolute Gasteiger partial charge is 0.401 e. The van der Waals surface area contributed by atoms with Gasteiger partial charge in [-0.05, 0) is 50.2 Å². The third kappa shape index (κ3) is 5.60. The Labute approximate surface area is 253 Å². The Morgan fingerprint density at radius 1 is 1.07 bits per heavy atom. The van der Waals surface area contributed by atoms with E-state index in [1.807, 2.05) is 30.7 Å².